The van der Waals surface area contributed by atoms with Gasteiger partial charge in [0.05, 0.1) is 34.7 Å². The molecule has 6 nitrogen and oxygen atoms in total. The number of amides is 1. The van der Waals surface area contributed by atoms with Crippen LogP contribution in [-0.4, -0.2) is 22.2 Å². The van der Waals surface area contributed by atoms with Crippen LogP contribution < -0.4 is 16.4 Å². The van der Waals surface area contributed by atoms with E-state index in [1.807, 2.05) is 0 Å². The maximum Gasteiger partial charge on any atom is 0.416 e. The first-order valence-corrected chi connectivity index (χ1v) is 12.7. The number of allylic oxidation sites excluding steroid dienone is 3. The Morgan fingerprint density at radius 1 is 1.21 bits per heavy atom. The third-order valence-corrected chi connectivity index (χ3v) is 6.35. The minimum atomic E-state index is -4.49. The third kappa shape index (κ3) is 8.25. The van der Waals surface area contributed by atoms with E-state index in [0.717, 1.165) is 29.9 Å². The van der Waals surface area contributed by atoms with Gasteiger partial charge in [-0.2, -0.15) is 18.3 Å². The summed E-state index contributed by atoms with van der Waals surface area (Å²) in [7, 11) is 0. The van der Waals surface area contributed by atoms with Crippen molar-refractivity contribution < 1.29 is 18.0 Å². The summed E-state index contributed by atoms with van der Waals surface area (Å²) in [5.41, 5.74) is 7.43. The number of benzene rings is 2. The zero-order chi connectivity index (χ0) is 28.4. The number of halogens is 4. The fourth-order valence-corrected chi connectivity index (χ4v) is 4.16. The van der Waals surface area contributed by atoms with E-state index in [1.165, 1.54) is 18.5 Å². The molecule has 4 N–H and O–H groups in total. The van der Waals surface area contributed by atoms with Gasteiger partial charge in [0.25, 0.3) is 5.91 Å². The van der Waals surface area contributed by atoms with Gasteiger partial charge < -0.3 is 16.4 Å². The summed E-state index contributed by atoms with van der Waals surface area (Å²) in [6, 6.07) is 11.4. The van der Waals surface area contributed by atoms with Crippen LogP contribution in [0.5, 0.6) is 0 Å². The van der Waals surface area contributed by atoms with Crippen molar-refractivity contribution in [1.82, 2.24) is 20.4 Å². The molecule has 0 aliphatic heterocycles. The molecule has 0 saturated carbocycles. The zero-order valence-corrected chi connectivity index (χ0v) is 22.3. The molecule has 0 bridgehead atoms. The molecule has 1 aromatic heterocycles. The Bertz CT molecular complexity index is 1330. The molecule has 0 radical (unpaired) electrons. The fourth-order valence-electron chi connectivity index (χ4n) is 4.03. The van der Waals surface area contributed by atoms with E-state index in [2.05, 4.69) is 22.3 Å². The lowest BCUT2D eigenvalue weighted by Crippen LogP contribution is -2.29. The largest absolute Gasteiger partial charge is 0.416 e. The molecule has 206 valence electrons. The van der Waals surface area contributed by atoms with Gasteiger partial charge in [-0.15, -0.1) is 0 Å². The number of nitrogens with zero attached hydrogens (tertiary/aromatic N) is 2. The topological polar surface area (TPSA) is 85.0 Å². The SMILES string of the molecule is C=C/C(=C\C=C/N)NCCCC[C@H](NC(=O)c1cnn(-c2ccc(Cl)cc2)c1C)c1cccc(C(F)(F)F)c1. The number of hydrogen-bond donors (Lipinski definition) is 3. The van der Waals surface area contributed by atoms with Crippen LogP contribution in [0.2, 0.25) is 5.02 Å². The second-order valence-electron chi connectivity index (χ2n) is 8.81. The van der Waals surface area contributed by atoms with Crippen LogP contribution in [0.3, 0.4) is 0 Å². The molecule has 2 aromatic carbocycles. The van der Waals surface area contributed by atoms with Crippen molar-refractivity contribution in [2.45, 2.75) is 38.4 Å². The molecule has 0 spiro atoms. The van der Waals surface area contributed by atoms with Crippen molar-refractivity contribution in [3.63, 3.8) is 0 Å². The molecule has 3 aromatic rings. The number of hydrogen-bond acceptors (Lipinski definition) is 4. The summed E-state index contributed by atoms with van der Waals surface area (Å²) in [4.78, 5) is 13.3. The van der Waals surface area contributed by atoms with Crippen LogP contribution in [0.25, 0.3) is 5.69 Å². The number of unbranched alkanes of at least 4 members (excludes halogenated alkanes) is 1. The minimum absolute atomic E-state index is 0.331. The van der Waals surface area contributed by atoms with Crippen molar-refractivity contribution in [2.75, 3.05) is 6.54 Å². The van der Waals surface area contributed by atoms with Gasteiger partial charge in [0.2, 0.25) is 0 Å². The summed E-state index contributed by atoms with van der Waals surface area (Å²) >= 11 is 5.97. The van der Waals surface area contributed by atoms with Gasteiger partial charge in [-0.25, -0.2) is 4.68 Å². The van der Waals surface area contributed by atoms with Crippen LogP contribution in [0, 0.1) is 6.92 Å². The van der Waals surface area contributed by atoms with Crippen LogP contribution in [0.15, 0.2) is 91.4 Å². The first-order chi connectivity index (χ1) is 18.6. The van der Waals surface area contributed by atoms with E-state index in [9.17, 15) is 18.0 Å². The Hall–Kier alpha value is -3.98. The predicted molar refractivity (Wildman–Crippen MR) is 148 cm³/mol. The molecular formula is C29H31ClF3N5O. The van der Waals surface area contributed by atoms with Gasteiger partial charge in [-0.05, 0) is 92.6 Å². The Morgan fingerprint density at radius 2 is 1.95 bits per heavy atom. The highest BCUT2D eigenvalue weighted by Gasteiger charge is 2.31. The zero-order valence-electron chi connectivity index (χ0n) is 21.5. The number of carbonyl (C=O) groups excluding carboxylic acids is 1. The Labute approximate surface area is 231 Å². The summed E-state index contributed by atoms with van der Waals surface area (Å²) in [5.74, 6) is -0.418. The molecule has 1 heterocycles. The number of carbonyl (C=O) groups is 1. The monoisotopic (exact) mass is 557 g/mol. The summed E-state index contributed by atoms with van der Waals surface area (Å²) in [6.45, 7) is 6.12. The van der Waals surface area contributed by atoms with Gasteiger partial charge in [0, 0.05) is 17.3 Å². The molecule has 0 fully saturated rings. The van der Waals surface area contributed by atoms with Gasteiger partial charge in [-0.1, -0.05) is 30.3 Å². The lowest BCUT2D eigenvalue weighted by molar-refractivity contribution is -0.137. The summed E-state index contributed by atoms with van der Waals surface area (Å²) < 4.78 is 41.8. The van der Waals surface area contributed by atoms with Crippen LogP contribution in [-0.2, 0) is 6.18 Å². The van der Waals surface area contributed by atoms with Crippen molar-refractivity contribution in [3.05, 3.63) is 119 Å². The van der Waals surface area contributed by atoms with Crippen molar-refractivity contribution in [1.29, 1.82) is 0 Å². The van der Waals surface area contributed by atoms with Crippen molar-refractivity contribution in [3.8, 4) is 5.69 Å². The highest BCUT2D eigenvalue weighted by Crippen LogP contribution is 2.32. The van der Waals surface area contributed by atoms with E-state index in [1.54, 1.807) is 60.2 Å². The first kappa shape index (κ1) is 29.6. The lowest BCUT2D eigenvalue weighted by Gasteiger charge is -2.21. The lowest BCUT2D eigenvalue weighted by atomic mass is 9.98. The van der Waals surface area contributed by atoms with Crippen molar-refractivity contribution in [2.24, 2.45) is 5.73 Å². The second kappa shape index (κ2) is 13.7. The highest BCUT2D eigenvalue weighted by atomic mass is 35.5. The maximum atomic E-state index is 13.4. The average Bonchev–Trinajstić information content (AvgIpc) is 3.30. The first-order valence-electron chi connectivity index (χ1n) is 12.4. The standard InChI is InChI=1S/C29H31ClF3N5O/c1-3-24(10-7-16-34)35-17-5-4-11-27(21-8-6-9-22(18-21)29(31,32)33)37-28(39)26-19-36-38(20(26)2)25-14-12-23(30)13-15-25/h3,6-10,12-16,18-19,27,35H,1,4-5,11,17,34H2,2H3,(H,37,39)/b16-7-,24-10+/t27-/m0/s1. The summed E-state index contributed by atoms with van der Waals surface area (Å²) in [6.07, 6.45) is 5.30. The number of nitrogens with two attached hydrogens (primary N) is 1. The Kier molecular flexibility index (Phi) is 10.4. The normalized spacial score (nSPS) is 12.9. The smallest absolute Gasteiger partial charge is 0.405 e. The van der Waals surface area contributed by atoms with Crippen LogP contribution >= 0.6 is 11.6 Å². The van der Waals surface area contributed by atoms with Crippen LogP contribution in [0.1, 0.15) is 52.5 Å². The highest BCUT2D eigenvalue weighted by molar-refractivity contribution is 6.30. The molecule has 10 heteroatoms. The van der Waals surface area contributed by atoms with E-state index in [4.69, 9.17) is 17.3 Å². The maximum absolute atomic E-state index is 13.4. The van der Waals surface area contributed by atoms with Gasteiger partial charge >= 0.3 is 6.18 Å². The molecule has 0 unspecified atom stereocenters. The Morgan fingerprint density at radius 3 is 2.62 bits per heavy atom. The third-order valence-electron chi connectivity index (χ3n) is 6.10. The Balaban J connectivity index is 1.76. The molecule has 0 aliphatic carbocycles. The molecule has 1 amide bonds. The molecule has 3 rings (SSSR count). The minimum Gasteiger partial charge on any atom is -0.405 e. The number of nitrogens with one attached hydrogen (secondary N) is 2. The average molecular weight is 558 g/mol. The van der Waals surface area contributed by atoms with E-state index in [-0.39, 0.29) is 0 Å². The second-order valence-corrected chi connectivity index (χ2v) is 9.25. The van der Waals surface area contributed by atoms with E-state index < -0.39 is 23.7 Å². The van der Waals surface area contributed by atoms with Gasteiger partial charge in [0.1, 0.15) is 0 Å². The number of aromatic nitrogens is 2. The molecule has 1 atom stereocenters. The van der Waals surface area contributed by atoms with Gasteiger partial charge in [-0.3, -0.25) is 4.79 Å². The summed E-state index contributed by atoms with van der Waals surface area (Å²) in [5, 5.41) is 11.1. The quantitative estimate of drug-likeness (QED) is 0.172. The molecular weight excluding hydrogens is 527 g/mol. The number of alkyl halides is 3. The van der Waals surface area contributed by atoms with Crippen molar-refractivity contribution >= 4 is 17.5 Å². The molecule has 0 aliphatic rings. The predicted octanol–water partition coefficient (Wildman–Crippen LogP) is 6.63. The van der Waals surface area contributed by atoms with E-state index in [0.29, 0.717) is 41.2 Å². The fraction of sp³-hybridized carbons (Fsp3) is 0.241. The molecule has 0 saturated heterocycles. The number of rotatable bonds is 12. The van der Waals surface area contributed by atoms with E-state index >= 15 is 0 Å². The van der Waals surface area contributed by atoms with Gasteiger partial charge in [0.15, 0.2) is 0 Å². The molecule has 39 heavy (non-hydrogen) atoms. The van der Waals surface area contributed by atoms with Crippen LogP contribution in [0.4, 0.5) is 13.2 Å².